The lowest BCUT2D eigenvalue weighted by Gasteiger charge is -2.16. The second kappa shape index (κ2) is 8.96. The molecule has 0 aliphatic carbocycles. The highest BCUT2D eigenvalue weighted by Gasteiger charge is 2.34. The van der Waals surface area contributed by atoms with Gasteiger partial charge in [-0.2, -0.15) is 0 Å². The van der Waals surface area contributed by atoms with E-state index >= 15 is 4.39 Å². The van der Waals surface area contributed by atoms with Crippen LogP contribution in [0.1, 0.15) is 47.8 Å². The van der Waals surface area contributed by atoms with E-state index in [4.69, 9.17) is 0 Å². The van der Waals surface area contributed by atoms with E-state index in [0.717, 1.165) is 28.8 Å². The SMILES string of the molecule is Cc1c(C(CC(C)C)C(=O)O)c2c(F)c(O)c(F)cc2n1C(=O)c1ccc(OC(F)(F)F)cc1. The predicted molar refractivity (Wildman–Crippen MR) is 111 cm³/mol. The van der Waals surface area contributed by atoms with Gasteiger partial charge < -0.3 is 14.9 Å². The molecule has 0 aliphatic rings. The fourth-order valence-electron chi connectivity index (χ4n) is 3.94. The number of carbonyl (C=O) groups is 2. The molecular weight excluding hydrogens is 465 g/mol. The molecule has 1 unspecified atom stereocenters. The van der Waals surface area contributed by atoms with Gasteiger partial charge in [-0.3, -0.25) is 14.2 Å². The highest BCUT2D eigenvalue weighted by atomic mass is 19.4. The second-order valence-electron chi connectivity index (χ2n) is 8.15. The first kappa shape index (κ1) is 25.0. The van der Waals surface area contributed by atoms with Gasteiger partial charge in [-0.05, 0) is 49.1 Å². The third-order valence-electron chi connectivity index (χ3n) is 5.30. The number of ether oxygens (including phenoxy) is 1. The van der Waals surface area contributed by atoms with Crippen LogP contribution in [0.3, 0.4) is 0 Å². The van der Waals surface area contributed by atoms with Crippen molar-refractivity contribution in [1.29, 1.82) is 0 Å². The Morgan fingerprint density at radius 2 is 1.71 bits per heavy atom. The van der Waals surface area contributed by atoms with Crippen molar-refractivity contribution in [2.45, 2.75) is 39.5 Å². The summed E-state index contributed by atoms with van der Waals surface area (Å²) in [5, 5.41) is 19.2. The fraction of sp³-hybridized carbons (Fsp3) is 0.304. The molecule has 3 aromatic rings. The summed E-state index contributed by atoms with van der Waals surface area (Å²) >= 11 is 0. The van der Waals surface area contributed by atoms with Crippen LogP contribution in [0.25, 0.3) is 10.9 Å². The average molecular weight is 485 g/mol. The lowest BCUT2D eigenvalue weighted by molar-refractivity contribution is -0.274. The third-order valence-corrected chi connectivity index (χ3v) is 5.30. The Morgan fingerprint density at radius 3 is 2.21 bits per heavy atom. The van der Waals surface area contributed by atoms with Gasteiger partial charge in [0, 0.05) is 22.7 Å². The number of carboxylic acid groups (broad SMARTS) is 1. The Labute approximate surface area is 190 Å². The van der Waals surface area contributed by atoms with Gasteiger partial charge in [0.2, 0.25) is 0 Å². The van der Waals surface area contributed by atoms with Gasteiger partial charge in [0.25, 0.3) is 5.91 Å². The Hall–Kier alpha value is -3.63. The Balaban J connectivity index is 2.24. The van der Waals surface area contributed by atoms with Crippen LogP contribution in [0.2, 0.25) is 0 Å². The predicted octanol–water partition coefficient (Wildman–Crippen LogP) is 5.73. The Bertz CT molecular complexity index is 1260. The smallest absolute Gasteiger partial charge is 0.503 e. The number of carbonyl (C=O) groups excluding carboxylic acids is 1. The normalized spacial score (nSPS) is 12.9. The van der Waals surface area contributed by atoms with Crippen LogP contribution in [0.4, 0.5) is 22.0 Å². The highest BCUT2D eigenvalue weighted by Crippen LogP contribution is 2.40. The van der Waals surface area contributed by atoms with Crippen LogP contribution < -0.4 is 4.74 Å². The molecule has 0 aliphatic heterocycles. The van der Waals surface area contributed by atoms with Crippen LogP contribution in [0, 0.1) is 24.5 Å². The number of benzene rings is 2. The molecule has 34 heavy (non-hydrogen) atoms. The van der Waals surface area contributed by atoms with Crippen LogP contribution in [0.15, 0.2) is 30.3 Å². The van der Waals surface area contributed by atoms with Gasteiger partial charge in [-0.1, -0.05) is 13.8 Å². The lowest BCUT2D eigenvalue weighted by Crippen LogP contribution is -2.18. The van der Waals surface area contributed by atoms with Gasteiger partial charge in [-0.25, -0.2) is 8.78 Å². The number of carboxylic acids is 1. The van der Waals surface area contributed by atoms with E-state index in [0.29, 0.717) is 6.07 Å². The molecule has 1 aromatic heterocycles. The van der Waals surface area contributed by atoms with Crippen molar-refractivity contribution in [3.63, 3.8) is 0 Å². The molecule has 0 spiro atoms. The molecule has 0 amide bonds. The van der Waals surface area contributed by atoms with Crippen molar-refractivity contribution in [2.75, 3.05) is 0 Å². The molecule has 2 N–H and O–H groups in total. The van der Waals surface area contributed by atoms with E-state index in [1.54, 1.807) is 13.8 Å². The zero-order valence-corrected chi connectivity index (χ0v) is 18.2. The monoisotopic (exact) mass is 485 g/mol. The molecule has 0 radical (unpaired) electrons. The summed E-state index contributed by atoms with van der Waals surface area (Å²) in [4.78, 5) is 25.3. The summed E-state index contributed by atoms with van der Waals surface area (Å²) in [5.74, 6) is -8.28. The van der Waals surface area contributed by atoms with E-state index in [-0.39, 0.29) is 34.7 Å². The topological polar surface area (TPSA) is 88.8 Å². The molecule has 0 bridgehead atoms. The van der Waals surface area contributed by atoms with Crippen molar-refractivity contribution in [3.8, 4) is 11.5 Å². The zero-order valence-electron chi connectivity index (χ0n) is 18.2. The van der Waals surface area contributed by atoms with Gasteiger partial charge in [-0.15, -0.1) is 13.2 Å². The number of hydrogen-bond donors (Lipinski definition) is 2. The van der Waals surface area contributed by atoms with Crippen molar-refractivity contribution >= 4 is 22.8 Å². The van der Waals surface area contributed by atoms with E-state index < -0.39 is 52.7 Å². The van der Waals surface area contributed by atoms with Gasteiger partial charge in [0.05, 0.1) is 11.4 Å². The number of phenolic OH excluding ortho intramolecular Hbond substituents is 1. The Morgan fingerprint density at radius 1 is 1.12 bits per heavy atom. The van der Waals surface area contributed by atoms with Gasteiger partial charge in [0.1, 0.15) is 5.75 Å². The maximum absolute atomic E-state index is 15.0. The number of phenols is 1. The minimum absolute atomic E-state index is 0.00688. The summed E-state index contributed by atoms with van der Waals surface area (Å²) in [5.41, 5.74) is -0.580. The van der Waals surface area contributed by atoms with Crippen molar-refractivity contribution < 1.29 is 46.5 Å². The fourth-order valence-corrected chi connectivity index (χ4v) is 3.94. The number of fused-ring (bicyclic) bond motifs is 1. The summed E-state index contributed by atoms with van der Waals surface area (Å²) < 4.78 is 71.1. The quantitative estimate of drug-likeness (QED) is 0.435. The maximum Gasteiger partial charge on any atom is 0.573 e. The summed E-state index contributed by atoms with van der Waals surface area (Å²) in [6.45, 7) is 4.83. The number of aromatic nitrogens is 1. The molecule has 11 heteroatoms. The van der Waals surface area contributed by atoms with Gasteiger partial charge in [0.15, 0.2) is 17.4 Å². The van der Waals surface area contributed by atoms with Crippen LogP contribution in [-0.2, 0) is 4.79 Å². The molecule has 0 saturated carbocycles. The van der Waals surface area contributed by atoms with E-state index in [9.17, 15) is 37.4 Å². The largest absolute Gasteiger partial charge is 0.573 e. The highest BCUT2D eigenvalue weighted by molar-refractivity contribution is 6.05. The first-order valence-corrected chi connectivity index (χ1v) is 10.1. The minimum Gasteiger partial charge on any atom is -0.503 e. The van der Waals surface area contributed by atoms with Crippen molar-refractivity contribution in [2.24, 2.45) is 5.92 Å². The number of aliphatic carboxylic acids is 1. The number of rotatable bonds is 6. The number of nitrogens with zero attached hydrogens (tertiary/aromatic N) is 1. The third kappa shape index (κ3) is 4.68. The number of halogens is 5. The standard InChI is InChI=1S/C23H20F5NO5/c1-10(2)8-14(22(32)33)17-11(3)29(16-9-15(24)20(30)19(25)18(16)17)21(31)12-4-6-13(7-5-12)34-23(26,27)28/h4-7,9-10,14,30H,8H2,1-3H3,(H,32,33). The Kier molecular flexibility index (Phi) is 6.59. The molecule has 0 saturated heterocycles. The summed E-state index contributed by atoms with van der Waals surface area (Å²) in [6, 6.07) is 4.56. The maximum atomic E-state index is 15.0. The molecule has 2 aromatic carbocycles. The number of hydrogen-bond acceptors (Lipinski definition) is 4. The number of aromatic hydroxyl groups is 1. The van der Waals surface area contributed by atoms with Crippen molar-refractivity contribution in [3.05, 3.63) is 58.8 Å². The van der Waals surface area contributed by atoms with Gasteiger partial charge >= 0.3 is 12.3 Å². The minimum atomic E-state index is -4.94. The first-order valence-electron chi connectivity index (χ1n) is 10.1. The van der Waals surface area contributed by atoms with Crippen LogP contribution in [0.5, 0.6) is 11.5 Å². The summed E-state index contributed by atoms with van der Waals surface area (Å²) in [6.07, 6.45) is -4.88. The lowest BCUT2D eigenvalue weighted by atomic mass is 9.88. The first-order chi connectivity index (χ1) is 15.7. The van der Waals surface area contributed by atoms with Crippen LogP contribution in [-0.4, -0.2) is 33.0 Å². The molecule has 1 atom stereocenters. The second-order valence-corrected chi connectivity index (χ2v) is 8.15. The van der Waals surface area contributed by atoms with E-state index in [1.165, 1.54) is 6.92 Å². The van der Waals surface area contributed by atoms with E-state index in [2.05, 4.69) is 4.74 Å². The van der Waals surface area contributed by atoms with Crippen molar-refractivity contribution in [1.82, 2.24) is 4.57 Å². The van der Waals surface area contributed by atoms with E-state index in [1.807, 2.05) is 0 Å². The molecule has 182 valence electrons. The molecule has 1 heterocycles. The number of alkyl halides is 3. The molecular formula is C23H20F5NO5. The average Bonchev–Trinajstić information content (AvgIpc) is 3.00. The molecule has 3 rings (SSSR count). The van der Waals surface area contributed by atoms with Crippen LogP contribution >= 0.6 is 0 Å². The molecule has 6 nitrogen and oxygen atoms in total. The zero-order chi connectivity index (χ0) is 25.5. The summed E-state index contributed by atoms with van der Waals surface area (Å²) in [7, 11) is 0. The molecule has 0 fully saturated rings.